The summed E-state index contributed by atoms with van der Waals surface area (Å²) in [7, 11) is 3.64. The molecular weight excluding hydrogens is 584 g/mol. The van der Waals surface area contributed by atoms with Gasteiger partial charge in [0.05, 0.1) is 25.3 Å². The third kappa shape index (κ3) is 4.08. The lowest BCUT2D eigenvalue weighted by Gasteiger charge is -2.60. The summed E-state index contributed by atoms with van der Waals surface area (Å²) in [4.78, 5) is 19.6. The average molecular weight is 623 g/mol. The molecule has 10 nitrogen and oxygen atoms in total. The molecule has 0 aliphatic carbocycles. The topological polar surface area (TPSA) is 108 Å². The maximum absolute atomic E-state index is 12.5. The van der Waals surface area contributed by atoms with Crippen LogP contribution < -0.4 is 18.9 Å². The summed E-state index contributed by atoms with van der Waals surface area (Å²) in [6.45, 7) is 7.57. The minimum atomic E-state index is -0.441. The van der Waals surface area contributed by atoms with Crippen molar-refractivity contribution in [3.8, 4) is 34.8 Å². The largest absolute Gasteiger partial charge is 0.504 e. The van der Waals surface area contributed by atoms with Gasteiger partial charge in [-0.3, -0.25) is 19.5 Å². The van der Waals surface area contributed by atoms with E-state index in [4.69, 9.17) is 18.9 Å². The molecule has 0 spiro atoms. The second-order valence-electron chi connectivity index (χ2n) is 13.3. The predicted molar refractivity (Wildman–Crippen MR) is 168 cm³/mol. The summed E-state index contributed by atoms with van der Waals surface area (Å²) < 4.78 is 23.9. The Balaban J connectivity index is 1.35. The summed E-state index contributed by atoms with van der Waals surface area (Å²) in [6, 6.07) is 12.1. The van der Waals surface area contributed by atoms with E-state index in [1.807, 2.05) is 13.8 Å². The molecule has 0 amide bonds. The van der Waals surface area contributed by atoms with Crippen molar-refractivity contribution in [2.75, 3.05) is 27.5 Å². The number of methoxy groups -OCH3 is 1. The zero-order valence-electron chi connectivity index (χ0n) is 26.8. The molecule has 5 heterocycles. The highest BCUT2D eigenvalue weighted by Crippen LogP contribution is 2.58. The molecule has 5 aliphatic heterocycles. The second-order valence-corrected chi connectivity index (χ2v) is 13.3. The fourth-order valence-corrected chi connectivity index (χ4v) is 9.07. The molecule has 238 valence electrons. The highest BCUT2D eigenvalue weighted by molar-refractivity contribution is 5.74. The predicted octanol–water partition coefficient (Wildman–Crippen LogP) is 4.46. The number of piperazine rings is 1. The van der Waals surface area contributed by atoms with Gasteiger partial charge in [0, 0.05) is 60.9 Å². The fourth-order valence-electron chi connectivity index (χ4n) is 9.07. The Bertz CT molecular complexity index is 1810. The lowest BCUT2D eigenvalue weighted by Crippen LogP contribution is -2.68. The number of phenolic OH excluding ortho intramolecular Hbond substituents is 1. The molecule has 5 aliphatic rings. The van der Waals surface area contributed by atoms with E-state index in [-0.39, 0.29) is 36.7 Å². The number of nitriles is 1. The number of carbonyl (C=O) groups is 1. The van der Waals surface area contributed by atoms with Gasteiger partial charge in [0.25, 0.3) is 0 Å². The van der Waals surface area contributed by atoms with Crippen LogP contribution in [0.2, 0.25) is 0 Å². The summed E-state index contributed by atoms with van der Waals surface area (Å²) >= 11 is 0. The Morgan fingerprint density at radius 3 is 2.43 bits per heavy atom. The molecule has 2 unspecified atom stereocenters. The van der Waals surface area contributed by atoms with Crippen LogP contribution in [0.3, 0.4) is 0 Å². The van der Waals surface area contributed by atoms with Crippen molar-refractivity contribution in [2.24, 2.45) is 0 Å². The fraction of sp³-hybridized carbons (Fsp3) is 0.444. The van der Waals surface area contributed by atoms with Crippen molar-refractivity contribution in [1.29, 1.82) is 5.26 Å². The molecule has 1 saturated heterocycles. The number of aromatic hydroxyl groups is 1. The van der Waals surface area contributed by atoms with Crippen LogP contribution in [0, 0.1) is 25.2 Å². The summed E-state index contributed by atoms with van der Waals surface area (Å²) in [5.74, 6) is 1.99. The molecule has 10 heteroatoms. The number of fused-ring (bicyclic) bond motifs is 10. The van der Waals surface area contributed by atoms with Crippen molar-refractivity contribution in [2.45, 2.75) is 76.9 Å². The van der Waals surface area contributed by atoms with Crippen molar-refractivity contribution in [3.05, 3.63) is 74.8 Å². The van der Waals surface area contributed by atoms with Gasteiger partial charge < -0.3 is 24.1 Å². The number of nitrogens with zero attached hydrogens (tertiary/aromatic N) is 4. The molecular formula is C36H38N4O6. The lowest BCUT2D eigenvalue weighted by atomic mass is 9.71. The van der Waals surface area contributed by atoms with E-state index in [2.05, 4.69) is 58.1 Å². The summed E-state index contributed by atoms with van der Waals surface area (Å²) in [5, 5.41) is 22.7. The Morgan fingerprint density at radius 2 is 1.76 bits per heavy atom. The Hall–Kier alpha value is -4.30. The van der Waals surface area contributed by atoms with Crippen LogP contribution in [0.1, 0.15) is 63.5 Å². The van der Waals surface area contributed by atoms with Gasteiger partial charge in [-0.2, -0.15) is 5.26 Å². The van der Waals surface area contributed by atoms with Crippen LogP contribution in [0.5, 0.6) is 28.7 Å². The number of esters is 1. The molecule has 3 aromatic carbocycles. The smallest absolute Gasteiger partial charge is 0.308 e. The van der Waals surface area contributed by atoms with E-state index in [0.717, 1.165) is 46.5 Å². The van der Waals surface area contributed by atoms with E-state index >= 15 is 0 Å². The van der Waals surface area contributed by atoms with E-state index in [1.54, 1.807) is 7.11 Å². The molecule has 0 radical (unpaired) electrons. The second kappa shape index (κ2) is 10.6. The minimum absolute atomic E-state index is 0.0769. The minimum Gasteiger partial charge on any atom is -0.504 e. The van der Waals surface area contributed by atoms with Crippen molar-refractivity contribution < 1.29 is 28.8 Å². The van der Waals surface area contributed by atoms with E-state index in [0.29, 0.717) is 42.4 Å². The summed E-state index contributed by atoms with van der Waals surface area (Å²) in [5.41, 5.74) is 7.91. The normalized spacial score (nSPS) is 26.0. The molecule has 2 bridgehead atoms. The van der Waals surface area contributed by atoms with Gasteiger partial charge in [0.15, 0.2) is 23.0 Å². The highest BCUT2D eigenvalue weighted by atomic mass is 16.7. The monoisotopic (exact) mass is 622 g/mol. The van der Waals surface area contributed by atoms with Crippen LogP contribution in [0.4, 0.5) is 0 Å². The van der Waals surface area contributed by atoms with Crippen LogP contribution >= 0.6 is 0 Å². The van der Waals surface area contributed by atoms with Crippen LogP contribution in [0.25, 0.3) is 0 Å². The maximum atomic E-state index is 12.5. The van der Waals surface area contributed by atoms with Gasteiger partial charge >= 0.3 is 5.97 Å². The van der Waals surface area contributed by atoms with Crippen LogP contribution in [-0.4, -0.2) is 71.4 Å². The number of phenols is 1. The molecule has 0 saturated carbocycles. The first-order valence-corrected chi connectivity index (χ1v) is 15.9. The van der Waals surface area contributed by atoms with Gasteiger partial charge in [-0.15, -0.1) is 0 Å². The Morgan fingerprint density at radius 1 is 1.04 bits per heavy atom. The zero-order valence-corrected chi connectivity index (χ0v) is 26.8. The Kier molecular flexibility index (Phi) is 6.73. The van der Waals surface area contributed by atoms with Gasteiger partial charge in [0.2, 0.25) is 6.79 Å². The third-order valence-electron chi connectivity index (χ3n) is 10.8. The quantitative estimate of drug-likeness (QED) is 0.331. The number of aryl methyl sites for hydroxylation is 1. The molecule has 3 aromatic rings. The molecule has 1 fully saturated rings. The average Bonchev–Trinajstić information content (AvgIpc) is 3.67. The van der Waals surface area contributed by atoms with Gasteiger partial charge in [-0.1, -0.05) is 30.3 Å². The van der Waals surface area contributed by atoms with Crippen molar-refractivity contribution in [1.82, 2.24) is 14.7 Å². The Labute approximate surface area is 268 Å². The van der Waals surface area contributed by atoms with Crippen molar-refractivity contribution in [3.63, 3.8) is 0 Å². The molecule has 46 heavy (non-hydrogen) atoms. The van der Waals surface area contributed by atoms with Crippen LogP contribution in [-0.2, 0) is 30.7 Å². The van der Waals surface area contributed by atoms with Crippen LogP contribution in [0.15, 0.2) is 30.3 Å². The van der Waals surface area contributed by atoms with Gasteiger partial charge in [0.1, 0.15) is 11.8 Å². The zero-order chi connectivity index (χ0) is 32.0. The molecule has 1 N–H and O–H groups in total. The maximum Gasteiger partial charge on any atom is 0.308 e. The first kappa shape index (κ1) is 29.1. The first-order valence-electron chi connectivity index (χ1n) is 15.9. The number of hydrogen-bond donors (Lipinski definition) is 1. The van der Waals surface area contributed by atoms with Gasteiger partial charge in [-0.25, -0.2) is 0 Å². The molecule has 8 rings (SSSR count). The number of likely N-dealkylation sites (N-methyl/N-ethyl adjacent to an activating group) is 1. The van der Waals surface area contributed by atoms with E-state index in [1.165, 1.54) is 18.1 Å². The standard InChI is InChI=1S/C36H38N4O6/c1-18-10-23-11-25-27(13-37)40-26(31(38(25)4)29(23)32(42)33(18)43-5)12-24-30(28(40)16-39-14-21-8-6-7-9-22(21)15-39)36-35(44-17-45-36)19(2)34(24)46-20(3)41/h6-10,25-28,31,42H,11-12,14-17H2,1-5H3/t25-,26?,27?,28-,31-/m0/s1. The van der Waals surface area contributed by atoms with E-state index in [9.17, 15) is 15.2 Å². The number of ether oxygens (including phenoxy) is 4. The number of benzene rings is 3. The molecule has 5 atom stereocenters. The highest BCUT2D eigenvalue weighted by Gasteiger charge is 2.57. The van der Waals surface area contributed by atoms with Crippen molar-refractivity contribution >= 4 is 5.97 Å². The lowest BCUT2D eigenvalue weighted by molar-refractivity contribution is -0.132. The summed E-state index contributed by atoms with van der Waals surface area (Å²) in [6.07, 6.45) is 1.11. The number of hydrogen-bond acceptors (Lipinski definition) is 10. The number of carbonyl (C=O) groups excluding carboxylic acids is 1. The third-order valence-corrected chi connectivity index (χ3v) is 10.8. The van der Waals surface area contributed by atoms with Gasteiger partial charge in [-0.05, 0) is 56.0 Å². The first-order chi connectivity index (χ1) is 22.2. The molecule has 0 aromatic heterocycles. The SMILES string of the molecule is COc1c(C)cc2c(c1O)[C@@H]1C3Cc4c(OC(C)=O)c(C)c5c(c4[C@H](CN4Cc6ccccc6C4)N3C(C#N)[C@H](C2)N1C)OCO5. The number of rotatable bonds is 4. The van der Waals surface area contributed by atoms with E-state index < -0.39 is 12.0 Å².